The lowest BCUT2D eigenvalue weighted by Crippen LogP contribution is -2.53. The standard InChI is InChI=1S/C27H34N6O8/c28-19(12-17-6-8-18(34)9-7-17)25(38)33-20(10-11-22(29)35)26(39)31-14-23(36)30-15-24(37)32-21(27(40)41)13-16-4-2-1-3-5-16/h1-9,19-21,34H,10-15,28H2,(H2,29,35)(H,30,36)(H,31,39)(H,32,37)(H,33,38)(H,40,41)/t19-,20-,21-/m0/s1. The predicted molar refractivity (Wildman–Crippen MR) is 146 cm³/mol. The molecule has 220 valence electrons. The molecule has 0 aliphatic carbocycles. The number of rotatable bonds is 16. The maximum absolute atomic E-state index is 12.7. The first-order valence-corrected chi connectivity index (χ1v) is 12.7. The second kappa shape index (κ2) is 16.2. The van der Waals surface area contributed by atoms with E-state index in [0.29, 0.717) is 11.1 Å². The van der Waals surface area contributed by atoms with Crippen molar-refractivity contribution in [3.05, 3.63) is 65.7 Å². The molecule has 0 spiro atoms. The average Bonchev–Trinajstić information content (AvgIpc) is 2.93. The minimum absolute atomic E-state index is 0.0446. The largest absolute Gasteiger partial charge is 0.508 e. The molecule has 0 fully saturated rings. The maximum atomic E-state index is 12.7. The number of carbonyl (C=O) groups is 6. The number of phenols is 1. The summed E-state index contributed by atoms with van der Waals surface area (Å²) in [4.78, 5) is 72.4. The molecule has 5 amide bonds. The molecule has 0 aromatic heterocycles. The van der Waals surface area contributed by atoms with Gasteiger partial charge in [-0.3, -0.25) is 24.0 Å². The van der Waals surface area contributed by atoms with Gasteiger partial charge in [-0.25, -0.2) is 4.79 Å². The number of aromatic hydroxyl groups is 1. The van der Waals surface area contributed by atoms with Crippen LogP contribution in [-0.2, 0) is 41.6 Å². The molecule has 0 bridgehead atoms. The van der Waals surface area contributed by atoms with E-state index in [1.54, 1.807) is 42.5 Å². The number of carboxylic acids is 1. The highest BCUT2D eigenvalue weighted by atomic mass is 16.4. The monoisotopic (exact) mass is 570 g/mol. The van der Waals surface area contributed by atoms with E-state index in [2.05, 4.69) is 21.3 Å². The van der Waals surface area contributed by atoms with Gasteiger partial charge in [-0.1, -0.05) is 42.5 Å². The van der Waals surface area contributed by atoms with Crippen molar-refractivity contribution in [1.82, 2.24) is 21.3 Å². The number of carboxylic acid groups (broad SMARTS) is 1. The number of nitrogens with one attached hydrogen (secondary N) is 4. The second-order valence-electron chi connectivity index (χ2n) is 9.19. The van der Waals surface area contributed by atoms with Gasteiger partial charge >= 0.3 is 5.97 Å². The summed E-state index contributed by atoms with van der Waals surface area (Å²) >= 11 is 0. The average molecular weight is 571 g/mol. The Morgan fingerprint density at radius 2 is 1.34 bits per heavy atom. The predicted octanol–water partition coefficient (Wildman–Crippen LogP) is -1.94. The number of primary amides is 1. The molecule has 0 aliphatic rings. The van der Waals surface area contributed by atoms with Crippen molar-refractivity contribution in [1.29, 1.82) is 0 Å². The topological polar surface area (TPSA) is 243 Å². The molecule has 41 heavy (non-hydrogen) atoms. The van der Waals surface area contributed by atoms with Gasteiger partial charge in [0.05, 0.1) is 19.1 Å². The van der Waals surface area contributed by atoms with Crippen LogP contribution in [0.5, 0.6) is 5.75 Å². The molecule has 0 heterocycles. The van der Waals surface area contributed by atoms with Crippen LogP contribution < -0.4 is 32.7 Å². The number of aliphatic carboxylic acids is 1. The summed E-state index contributed by atoms with van der Waals surface area (Å²) in [7, 11) is 0. The summed E-state index contributed by atoms with van der Waals surface area (Å²) in [5.41, 5.74) is 12.5. The lowest BCUT2D eigenvalue weighted by Gasteiger charge is -2.20. The molecule has 2 rings (SSSR count). The third-order valence-corrected chi connectivity index (χ3v) is 5.83. The first-order chi connectivity index (χ1) is 19.4. The fourth-order valence-electron chi connectivity index (χ4n) is 3.64. The van der Waals surface area contributed by atoms with E-state index in [-0.39, 0.29) is 31.4 Å². The van der Waals surface area contributed by atoms with E-state index in [1.807, 2.05) is 0 Å². The van der Waals surface area contributed by atoms with E-state index in [1.165, 1.54) is 12.1 Å². The lowest BCUT2D eigenvalue weighted by molar-refractivity contribution is -0.141. The summed E-state index contributed by atoms with van der Waals surface area (Å²) in [6.45, 7) is -1.11. The van der Waals surface area contributed by atoms with Crippen LogP contribution in [0.2, 0.25) is 0 Å². The molecular weight excluding hydrogens is 536 g/mol. The molecule has 0 unspecified atom stereocenters. The van der Waals surface area contributed by atoms with Crippen LogP contribution in [0.25, 0.3) is 0 Å². The highest BCUT2D eigenvalue weighted by molar-refractivity contribution is 5.93. The number of hydrogen-bond donors (Lipinski definition) is 8. The van der Waals surface area contributed by atoms with Crippen molar-refractivity contribution in [2.75, 3.05) is 13.1 Å². The molecule has 14 heteroatoms. The van der Waals surface area contributed by atoms with Crippen LogP contribution in [0.15, 0.2) is 54.6 Å². The minimum atomic E-state index is -1.24. The van der Waals surface area contributed by atoms with Crippen molar-refractivity contribution in [2.45, 2.75) is 43.8 Å². The minimum Gasteiger partial charge on any atom is -0.508 e. The molecule has 3 atom stereocenters. The first kappa shape index (κ1) is 32.2. The van der Waals surface area contributed by atoms with Crippen molar-refractivity contribution in [2.24, 2.45) is 11.5 Å². The van der Waals surface area contributed by atoms with Crippen molar-refractivity contribution < 1.29 is 39.0 Å². The quantitative estimate of drug-likeness (QED) is 0.112. The molecule has 2 aromatic rings. The molecule has 0 aliphatic heterocycles. The zero-order valence-electron chi connectivity index (χ0n) is 22.2. The Balaban J connectivity index is 1.85. The summed E-state index contributed by atoms with van der Waals surface area (Å²) in [6, 6.07) is 11.2. The Kier molecular flexibility index (Phi) is 12.7. The Bertz CT molecular complexity index is 1220. The van der Waals surface area contributed by atoms with Gasteiger partial charge in [0.1, 0.15) is 17.8 Å². The van der Waals surface area contributed by atoms with Crippen LogP contribution in [0.4, 0.5) is 0 Å². The summed E-state index contributed by atoms with van der Waals surface area (Å²) in [6.07, 6.45) is -0.232. The number of carbonyl (C=O) groups excluding carboxylic acids is 5. The van der Waals surface area contributed by atoms with Gasteiger partial charge in [0.2, 0.25) is 29.5 Å². The van der Waals surface area contributed by atoms with Crippen LogP contribution in [0, 0.1) is 0 Å². The lowest BCUT2D eigenvalue weighted by atomic mass is 10.0. The molecule has 0 saturated heterocycles. The molecule has 0 saturated carbocycles. The van der Waals surface area contributed by atoms with Gasteiger partial charge in [-0.2, -0.15) is 0 Å². The SMILES string of the molecule is NC(=O)CC[C@H](NC(=O)[C@@H](N)Cc1ccc(O)cc1)C(=O)NCC(=O)NCC(=O)N[C@@H](Cc1ccccc1)C(=O)O. The van der Waals surface area contributed by atoms with E-state index >= 15 is 0 Å². The molecular formula is C27H34N6O8. The molecule has 2 aromatic carbocycles. The Labute approximate surface area is 235 Å². The van der Waals surface area contributed by atoms with Gasteiger partial charge in [0.25, 0.3) is 0 Å². The number of phenolic OH excluding ortho intramolecular Hbond substituents is 1. The summed E-state index contributed by atoms with van der Waals surface area (Å²) in [5, 5.41) is 28.1. The van der Waals surface area contributed by atoms with Crippen molar-refractivity contribution in [3.8, 4) is 5.75 Å². The smallest absolute Gasteiger partial charge is 0.326 e. The fraction of sp³-hybridized carbons (Fsp3) is 0.333. The Morgan fingerprint density at radius 1 is 0.732 bits per heavy atom. The number of nitrogens with two attached hydrogens (primary N) is 2. The van der Waals surface area contributed by atoms with Crippen molar-refractivity contribution in [3.63, 3.8) is 0 Å². The van der Waals surface area contributed by atoms with Gasteiger partial charge in [-0.15, -0.1) is 0 Å². The third kappa shape index (κ3) is 12.2. The molecule has 10 N–H and O–H groups in total. The van der Waals surface area contributed by atoms with Gasteiger partial charge < -0.3 is 42.9 Å². The van der Waals surface area contributed by atoms with E-state index in [0.717, 1.165) is 0 Å². The molecule has 14 nitrogen and oxygen atoms in total. The zero-order chi connectivity index (χ0) is 30.4. The van der Waals surface area contributed by atoms with Gasteiger partial charge in [0.15, 0.2) is 0 Å². The second-order valence-corrected chi connectivity index (χ2v) is 9.19. The molecule has 0 radical (unpaired) electrons. The zero-order valence-corrected chi connectivity index (χ0v) is 22.2. The number of benzene rings is 2. The summed E-state index contributed by atoms with van der Waals surface area (Å²) in [5.74, 6) is -4.88. The number of amides is 5. The van der Waals surface area contributed by atoms with Gasteiger partial charge in [0, 0.05) is 12.8 Å². The maximum Gasteiger partial charge on any atom is 0.326 e. The van der Waals surface area contributed by atoms with Crippen LogP contribution in [0.1, 0.15) is 24.0 Å². The van der Waals surface area contributed by atoms with Crippen LogP contribution in [0.3, 0.4) is 0 Å². The summed E-state index contributed by atoms with van der Waals surface area (Å²) < 4.78 is 0. The van der Waals surface area contributed by atoms with E-state index in [4.69, 9.17) is 11.5 Å². The Hall–Kier alpha value is -4.98. The fourth-order valence-corrected chi connectivity index (χ4v) is 3.64. The van der Waals surface area contributed by atoms with E-state index < -0.39 is 66.7 Å². The normalized spacial score (nSPS) is 12.7. The highest BCUT2D eigenvalue weighted by Gasteiger charge is 2.25. The third-order valence-electron chi connectivity index (χ3n) is 5.83. The van der Waals surface area contributed by atoms with Crippen LogP contribution in [-0.4, -0.2) is 76.9 Å². The first-order valence-electron chi connectivity index (χ1n) is 12.7. The van der Waals surface area contributed by atoms with Crippen molar-refractivity contribution >= 4 is 35.5 Å². The Morgan fingerprint density at radius 3 is 1.95 bits per heavy atom. The van der Waals surface area contributed by atoms with Gasteiger partial charge in [-0.05, 0) is 36.1 Å². The highest BCUT2D eigenvalue weighted by Crippen LogP contribution is 2.11. The van der Waals surface area contributed by atoms with Crippen LogP contribution >= 0.6 is 0 Å². The van der Waals surface area contributed by atoms with E-state index in [9.17, 15) is 39.0 Å². The number of hydrogen-bond acceptors (Lipinski definition) is 8.